The maximum atomic E-state index is 6.32. The molecule has 5 aromatic heterocycles. The van der Waals surface area contributed by atoms with Crippen molar-refractivity contribution in [2.24, 2.45) is 0 Å². The minimum atomic E-state index is 0. The molecule has 0 saturated carbocycles. The molecule has 0 atom stereocenters. The Morgan fingerprint density at radius 2 is 1.06 bits per heavy atom. The van der Waals surface area contributed by atoms with Gasteiger partial charge in [-0.05, 0) is 45.9 Å². The van der Waals surface area contributed by atoms with E-state index in [1.54, 1.807) is 23.7 Å². The number of thiophene rings is 1. The van der Waals surface area contributed by atoms with Crippen molar-refractivity contribution in [2.75, 3.05) is 0 Å². The Hall–Kier alpha value is -5.29. The topological polar surface area (TPSA) is 75.0 Å². The summed E-state index contributed by atoms with van der Waals surface area (Å²) in [4.78, 5) is 18.5. The van der Waals surface area contributed by atoms with Gasteiger partial charge in [0.1, 0.15) is 0 Å². The van der Waals surface area contributed by atoms with Crippen molar-refractivity contribution in [1.82, 2.24) is 24.5 Å². The number of aromatic nitrogens is 5. The number of ether oxygens (including phenoxy) is 2. The van der Waals surface area contributed by atoms with E-state index in [0.717, 1.165) is 55.4 Å². The molecule has 0 amide bonds. The molecule has 4 aromatic carbocycles. The first-order valence-corrected chi connectivity index (χ1v) is 16.7. The smallest absolute Gasteiger partial charge is 0.503 e. The van der Waals surface area contributed by atoms with E-state index in [1.807, 2.05) is 119 Å². The molecule has 0 spiro atoms. The van der Waals surface area contributed by atoms with Crippen LogP contribution in [0.1, 0.15) is 0 Å². The van der Waals surface area contributed by atoms with Crippen LogP contribution in [-0.2, 0) is 41.5 Å². The largest absolute Gasteiger partial charge is 2.00 e. The van der Waals surface area contributed by atoms with Crippen molar-refractivity contribution in [3.05, 3.63) is 163 Å². The number of hydrogen-bond acceptors (Lipinski definition) is 7. The van der Waals surface area contributed by atoms with Crippen LogP contribution in [0.4, 0.5) is 0 Å². The third-order valence-corrected chi connectivity index (χ3v) is 8.77. The summed E-state index contributed by atoms with van der Waals surface area (Å²) in [5, 5.41) is 6.00. The molecule has 0 unspecified atom stereocenters. The molecule has 5 heterocycles. The van der Waals surface area contributed by atoms with Gasteiger partial charge in [-0.25, -0.2) is 9.97 Å². The first-order valence-electron chi connectivity index (χ1n) is 15.8. The van der Waals surface area contributed by atoms with Crippen molar-refractivity contribution in [1.29, 1.82) is 0 Å². The maximum absolute atomic E-state index is 6.32. The molecule has 7 nitrogen and oxygen atoms in total. The molecule has 52 heavy (non-hydrogen) atoms. The van der Waals surface area contributed by atoms with E-state index in [0.29, 0.717) is 28.9 Å². The first kappa shape index (κ1) is 35.1. The zero-order chi connectivity index (χ0) is 33.3. The Morgan fingerprint density at radius 1 is 0.519 bits per heavy atom. The molecule has 10 heteroatoms. The van der Waals surface area contributed by atoms with Gasteiger partial charge in [0.15, 0.2) is 0 Å². The van der Waals surface area contributed by atoms with Crippen LogP contribution in [0.25, 0.3) is 61.4 Å². The molecule has 254 valence electrons. The van der Waals surface area contributed by atoms with Gasteiger partial charge in [0.2, 0.25) is 5.95 Å². The monoisotopic (exact) mass is 962 g/mol. The Bertz CT molecular complexity index is 2460. The fraction of sp³-hybridized carbons (Fsp3) is 0. The zero-order valence-corrected chi connectivity index (χ0v) is 31.5. The van der Waals surface area contributed by atoms with Crippen molar-refractivity contribution in [3.63, 3.8) is 0 Å². The minimum Gasteiger partial charge on any atom is -0.503 e. The van der Waals surface area contributed by atoms with E-state index in [9.17, 15) is 0 Å². The van der Waals surface area contributed by atoms with Gasteiger partial charge in [-0.15, -0.1) is 71.8 Å². The quantitative estimate of drug-likeness (QED) is 0.112. The van der Waals surface area contributed by atoms with Crippen LogP contribution in [0.15, 0.2) is 139 Å². The molecular formula is C42H23N5O2PdPtS. The molecule has 0 bridgehead atoms. The third-order valence-electron chi connectivity index (χ3n) is 8.08. The van der Waals surface area contributed by atoms with Crippen LogP contribution >= 0.6 is 11.3 Å². The van der Waals surface area contributed by atoms with Crippen LogP contribution in [0.3, 0.4) is 0 Å². The second-order valence-electron chi connectivity index (χ2n) is 11.3. The number of benzene rings is 4. The number of pyridine rings is 2. The molecule has 0 radical (unpaired) electrons. The molecule has 0 aliphatic carbocycles. The number of rotatable bonds is 8. The number of fused-ring (bicyclic) bond motifs is 3. The Morgan fingerprint density at radius 3 is 1.54 bits per heavy atom. The predicted molar refractivity (Wildman–Crippen MR) is 195 cm³/mol. The predicted octanol–water partition coefficient (Wildman–Crippen LogP) is 10.2. The summed E-state index contributed by atoms with van der Waals surface area (Å²) in [6, 6.07) is 46.6. The van der Waals surface area contributed by atoms with Crippen LogP contribution in [0.5, 0.6) is 23.0 Å². The summed E-state index contributed by atoms with van der Waals surface area (Å²) in [6.07, 6.45) is 7.19. The maximum Gasteiger partial charge on any atom is 2.00 e. The van der Waals surface area contributed by atoms with Crippen molar-refractivity contribution in [2.45, 2.75) is 0 Å². The van der Waals surface area contributed by atoms with Gasteiger partial charge in [-0.3, -0.25) is 0 Å². The van der Waals surface area contributed by atoms with Gasteiger partial charge in [0, 0.05) is 53.3 Å². The fourth-order valence-electron chi connectivity index (χ4n) is 5.75. The number of nitrogens with zero attached hydrogens (tertiary/aromatic N) is 5. The van der Waals surface area contributed by atoms with Gasteiger partial charge >= 0.3 is 41.5 Å². The minimum absolute atomic E-state index is 0. The van der Waals surface area contributed by atoms with E-state index in [4.69, 9.17) is 19.4 Å². The summed E-state index contributed by atoms with van der Waals surface area (Å²) in [7, 11) is 0. The van der Waals surface area contributed by atoms with E-state index in [-0.39, 0.29) is 41.5 Å². The Balaban J connectivity index is 0.00000210. The van der Waals surface area contributed by atoms with Crippen molar-refractivity contribution < 1.29 is 51.0 Å². The van der Waals surface area contributed by atoms with Gasteiger partial charge in [0.25, 0.3) is 0 Å². The molecule has 0 aliphatic rings. The van der Waals surface area contributed by atoms with Gasteiger partial charge in [-0.2, -0.15) is 34.2 Å². The zero-order valence-electron chi connectivity index (χ0n) is 26.9. The summed E-state index contributed by atoms with van der Waals surface area (Å²) in [6.45, 7) is 0. The summed E-state index contributed by atoms with van der Waals surface area (Å²) < 4.78 is 14.6. The number of hydrogen-bond donors (Lipinski definition) is 0. The molecule has 9 aromatic rings. The third kappa shape index (κ3) is 7.10. The van der Waals surface area contributed by atoms with Gasteiger partial charge in [-0.1, -0.05) is 47.4 Å². The normalized spacial score (nSPS) is 10.8. The van der Waals surface area contributed by atoms with Gasteiger partial charge < -0.3 is 24.0 Å². The standard InChI is InChI=1S/C42H23N5O2S.Pd.Pt/c1-3-18-43-38(11-1)28-7-5-9-32(21-28)48-34-13-15-36-37-16-14-35(49-33-10-6-8-29(22-33)39-12-2-4-19-44-39)24-41(37)47(40(36)23-34)42-45-25-31(26-46-42)30-17-20-50-27-30;;/h1-20,25-27H;;/q-4;2*+2. The SMILES string of the molecule is [Pd+2].[Pt+2].[c-]1c(Oc2[c-]c3c(cc2)c2ccc(Oc4[c-]c(-c5ccccn5)ccc4)[c-]c2n3-c2ncc(-c3ccsc3)cn2)cccc1-c1ccccn1. The molecular weight excluding hydrogens is 940 g/mol. The molecule has 0 aliphatic heterocycles. The van der Waals surface area contributed by atoms with E-state index < -0.39 is 0 Å². The van der Waals surface area contributed by atoms with E-state index >= 15 is 0 Å². The molecule has 9 rings (SSSR count). The van der Waals surface area contributed by atoms with E-state index in [2.05, 4.69) is 45.7 Å². The van der Waals surface area contributed by atoms with Crippen molar-refractivity contribution in [3.8, 4) is 62.6 Å². The Labute approximate surface area is 331 Å². The van der Waals surface area contributed by atoms with Gasteiger partial charge in [0.05, 0.1) is 0 Å². The molecule has 0 N–H and O–H groups in total. The first-order chi connectivity index (χ1) is 24.7. The average molecular weight is 963 g/mol. The second kappa shape index (κ2) is 15.5. The van der Waals surface area contributed by atoms with E-state index in [1.165, 1.54) is 0 Å². The van der Waals surface area contributed by atoms with Crippen molar-refractivity contribution >= 4 is 33.1 Å². The fourth-order valence-corrected chi connectivity index (χ4v) is 6.42. The molecule has 0 saturated heterocycles. The Kier molecular flexibility index (Phi) is 10.5. The molecule has 0 fully saturated rings. The van der Waals surface area contributed by atoms with Crippen LogP contribution in [0.2, 0.25) is 0 Å². The summed E-state index contributed by atoms with van der Waals surface area (Å²) in [5.41, 5.74) is 6.78. The van der Waals surface area contributed by atoms with Crippen LogP contribution in [0, 0.1) is 24.3 Å². The average Bonchev–Trinajstić information content (AvgIpc) is 3.83. The van der Waals surface area contributed by atoms with Crippen LogP contribution < -0.4 is 9.47 Å². The second-order valence-corrected chi connectivity index (χ2v) is 12.1. The summed E-state index contributed by atoms with van der Waals surface area (Å²) in [5.74, 6) is 2.60. The van der Waals surface area contributed by atoms with Crippen LogP contribution in [-0.4, -0.2) is 24.5 Å². The summed E-state index contributed by atoms with van der Waals surface area (Å²) >= 11 is 1.63.